The molecular formula is C35H63O13P. The molecular weight excluding hydrogens is 659 g/mol. The van der Waals surface area contributed by atoms with Gasteiger partial charge in [0, 0.05) is 12.8 Å². The number of aliphatic hydroxyl groups excluding tert-OH is 5. The number of unbranched alkanes of at least 4 members (excludes halogenated alkanes) is 12. The quantitative estimate of drug-likeness (QED) is 0.0274. The van der Waals surface area contributed by atoms with E-state index in [9.17, 15) is 44.6 Å². The van der Waals surface area contributed by atoms with Crippen LogP contribution < -0.4 is 0 Å². The van der Waals surface area contributed by atoms with Crippen molar-refractivity contribution in [2.75, 3.05) is 13.2 Å². The number of allylic oxidation sites excluding steroid dienone is 4. The number of carbonyl (C=O) groups excluding carboxylic acids is 2. The average molecular weight is 723 g/mol. The predicted molar refractivity (Wildman–Crippen MR) is 184 cm³/mol. The number of ether oxygens (including phenoxy) is 2. The van der Waals surface area contributed by atoms with Gasteiger partial charge in [-0.2, -0.15) is 0 Å². The third-order valence-electron chi connectivity index (χ3n) is 8.30. The predicted octanol–water partition coefficient (Wildman–Crippen LogP) is 4.94. The molecule has 1 fully saturated rings. The molecule has 1 rings (SSSR count). The summed E-state index contributed by atoms with van der Waals surface area (Å²) in [5.74, 6) is -1.14. The van der Waals surface area contributed by atoms with E-state index in [0.29, 0.717) is 12.8 Å². The number of phosphoric ester groups is 1. The molecule has 0 heterocycles. The van der Waals surface area contributed by atoms with Crippen molar-refractivity contribution in [3.63, 3.8) is 0 Å². The first-order valence-electron chi connectivity index (χ1n) is 18.1. The lowest BCUT2D eigenvalue weighted by molar-refractivity contribution is -0.220. The van der Waals surface area contributed by atoms with Crippen molar-refractivity contribution in [3.8, 4) is 0 Å². The minimum absolute atomic E-state index is 0.0879. The fraction of sp³-hybridized carbons (Fsp3) is 0.829. The van der Waals surface area contributed by atoms with E-state index in [1.54, 1.807) is 0 Å². The molecule has 0 amide bonds. The molecule has 0 aromatic heterocycles. The summed E-state index contributed by atoms with van der Waals surface area (Å²) in [7, 11) is -5.09. The molecule has 0 saturated heterocycles. The van der Waals surface area contributed by atoms with Gasteiger partial charge in [-0.25, -0.2) is 4.57 Å². The highest BCUT2D eigenvalue weighted by molar-refractivity contribution is 7.47. The Kier molecular flexibility index (Phi) is 25.0. The van der Waals surface area contributed by atoms with Crippen molar-refractivity contribution in [1.82, 2.24) is 0 Å². The average Bonchev–Trinajstić information content (AvgIpc) is 3.07. The SMILES string of the molecule is CCCCC/C=C\C/C=C\CCCCCCCCCC(=O)OC(COC(=O)CCCCC)COP(=O)(O)OC1C(O)C(O)C(O)C(O)C1O. The van der Waals surface area contributed by atoms with Gasteiger partial charge in [0.25, 0.3) is 0 Å². The van der Waals surface area contributed by atoms with Crippen molar-refractivity contribution >= 4 is 19.8 Å². The van der Waals surface area contributed by atoms with Crippen molar-refractivity contribution in [2.24, 2.45) is 0 Å². The van der Waals surface area contributed by atoms with Crippen LogP contribution in [-0.2, 0) is 32.7 Å². The maximum atomic E-state index is 12.6. The first kappa shape index (κ1) is 45.4. The van der Waals surface area contributed by atoms with Crippen LogP contribution in [0.4, 0.5) is 0 Å². The highest BCUT2D eigenvalue weighted by atomic mass is 31.2. The van der Waals surface area contributed by atoms with Gasteiger partial charge in [0.2, 0.25) is 0 Å². The number of aliphatic hydroxyl groups is 5. The Hall–Kier alpha value is -1.67. The zero-order valence-corrected chi connectivity index (χ0v) is 30.4. The lowest BCUT2D eigenvalue weighted by Gasteiger charge is -2.41. The van der Waals surface area contributed by atoms with Gasteiger partial charge >= 0.3 is 19.8 Å². The zero-order valence-electron chi connectivity index (χ0n) is 29.5. The Balaban J connectivity index is 2.44. The van der Waals surface area contributed by atoms with E-state index < -0.39 is 75.7 Å². The van der Waals surface area contributed by atoms with Crippen LogP contribution in [-0.4, -0.2) is 98.3 Å². The number of rotatable bonds is 28. The number of hydrogen-bond donors (Lipinski definition) is 6. The summed E-state index contributed by atoms with van der Waals surface area (Å²) in [6.45, 7) is 3.01. The summed E-state index contributed by atoms with van der Waals surface area (Å²) in [4.78, 5) is 34.9. The molecule has 0 spiro atoms. The van der Waals surface area contributed by atoms with Crippen LogP contribution in [0.5, 0.6) is 0 Å². The molecule has 6 N–H and O–H groups in total. The Labute approximate surface area is 292 Å². The maximum absolute atomic E-state index is 12.6. The molecule has 13 nitrogen and oxygen atoms in total. The smallest absolute Gasteiger partial charge is 0.462 e. The molecule has 0 aromatic carbocycles. The second kappa shape index (κ2) is 27.0. The summed E-state index contributed by atoms with van der Waals surface area (Å²) in [5.41, 5.74) is 0. The van der Waals surface area contributed by atoms with E-state index in [4.69, 9.17) is 18.5 Å². The van der Waals surface area contributed by atoms with Gasteiger partial charge < -0.3 is 39.9 Å². The van der Waals surface area contributed by atoms with Gasteiger partial charge in [0.15, 0.2) is 6.10 Å². The number of esters is 2. The van der Waals surface area contributed by atoms with E-state index in [1.807, 2.05) is 6.92 Å². The molecule has 1 saturated carbocycles. The third kappa shape index (κ3) is 20.7. The molecule has 14 heteroatoms. The van der Waals surface area contributed by atoms with Crippen molar-refractivity contribution < 1.29 is 63.1 Å². The molecule has 6 unspecified atom stereocenters. The molecule has 49 heavy (non-hydrogen) atoms. The van der Waals surface area contributed by atoms with Gasteiger partial charge in [-0.1, -0.05) is 95.9 Å². The molecule has 0 aliphatic heterocycles. The normalized spacial score (nSPS) is 24.7. The second-order valence-corrected chi connectivity index (χ2v) is 14.1. The molecule has 1 aliphatic carbocycles. The van der Waals surface area contributed by atoms with E-state index in [1.165, 1.54) is 19.3 Å². The summed E-state index contributed by atoms with van der Waals surface area (Å²) >= 11 is 0. The molecule has 1 aliphatic rings. The van der Waals surface area contributed by atoms with Crippen LogP contribution in [0.3, 0.4) is 0 Å². The maximum Gasteiger partial charge on any atom is 0.472 e. The van der Waals surface area contributed by atoms with E-state index >= 15 is 0 Å². The number of hydrogen-bond acceptors (Lipinski definition) is 12. The minimum atomic E-state index is -5.09. The second-order valence-electron chi connectivity index (χ2n) is 12.7. The Morgan fingerprint density at radius 2 is 1.10 bits per heavy atom. The van der Waals surface area contributed by atoms with Gasteiger partial charge in [-0.15, -0.1) is 0 Å². The van der Waals surface area contributed by atoms with E-state index in [0.717, 1.165) is 70.6 Å². The zero-order chi connectivity index (χ0) is 36.5. The van der Waals surface area contributed by atoms with E-state index in [-0.39, 0.29) is 12.8 Å². The molecule has 286 valence electrons. The van der Waals surface area contributed by atoms with Crippen LogP contribution in [0.2, 0.25) is 0 Å². The fourth-order valence-corrected chi connectivity index (χ4v) is 6.23. The first-order valence-corrected chi connectivity index (χ1v) is 19.6. The van der Waals surface area contributed by atoms with Crippen LogP contribution in [0.1, 0.15) is 129 Å². The summed E-state index contributed by atoms with van der Waals surface area (Å²) < 4.78 is 32.9. The Morgan fingerprint density at radius 3 is 1.69 bits per heavy atom. The van der Waals surface area contributed by atoms with Crippen LogP contribution in [0.15, 0.2) is 24.3 Å². The standard InChI is InChI=1S/C35H63O13P/c1-3-5-7-8-9-10-11-12-13-14-15-16-17-18-19-20-22-24-29(37)47-27(25-45-28(36)23-21-6-4-2)26-46-49(43,44)48-35-33(41)31(39)30(38)32(40)34(35)42/h9-10,12-13,27,30-35,38-42H,3-8,11,14-26H2,1-2H3,(H,43,44)/b10-9-,13-12-. The van der Waals surface area contributed by atoms with Gasteiger partial charge in [-0.05, 0) is 44.9 Å². The fourth-order valence-electron chi connectivity index (χ4n) is 5.26. The van der Waals surface area contributed by atoms with Crippen molar-refractivity contribution in [3.05, 3.63) is 24.3 Å². The van der Waals surface area contributed by atoms with Crippen LogP contribution >= 0.6 is 7.82 Å². The van der Waals surface area contributed by atoms with Gasteiger partial charge in [0.1, 0.15) is 43.2 Å². The summed E-state index contributed by atoms with van der Waals surface area (Å²) in [6.07, 6.45) is 12.2. The lowest BCUT2D eigenvalue weighted by Crippen LogP contribution is -2.64. The number of phosphoric acid groups is 1. The molecule has 0 radical (unpaired) electrons. The number of carbonyl (C=O) groups is 2. The first-order chi connectivity index (χ1) is 23.4. The third-order valence-corrected chi connectivity index (χ3v) is 9.28. The van der Waals surface area contributed by atoms with E-state index in [2.05, 4.69) is 31.2 Å². The topological polar surface area (TPSA) is 210 Å². The Morgan fingerprint density at radius 1 is 0.633 bits per heavy atom. The van der Waals surface area contributed by atoms with Crippen molar-refractivity contribution in [1.29, 1.82) is 0 Å². The largest absolute Gasteiger partial charge is 0.472 e. The van der Waals surface area contributed by atoms with Gasteiger partial charge in [0.05, 0.1) is 6.61 Å². The van der Waals surface area contributed by atoms with Crippen LogP contribution in [0.25, 0.3) is 0 Å². The highest BCUT2D eigenvalue weighted by Crippen LogP contribution is 2.47. The monoisotopic (exact) mass is 722 g/mol. The molecule has 6 atom stereocenters. The lowest BCUT2D eigenvalue weighted by atomic mass is 9.85. The summed E-state index contributed by atoms with van der Waals surface area (Å²) in [6, 6.07) is 0. The minimum Gasteiger partial charge on any atom is -0.462 e. The highest BCUT2D eigenvalue weighted by Gasteiger charge is 2.51. The van der Waals surface area contributed by atoms with Crippen molar-refractivity contribution in [2.45, 2.75) is 172 Å². The van der Waals surface area contributed by atoms with Crippen LogP contribution in [0, 0.1) is 0 Å². The molecule has 0 aromatic rings. The Bertz CT molecular complexity index is 975. The van der Waals surface area contributed by atoms with Gasteiger partial charge in [-0.3, -0.25) is 18.6 Å². The summed E-state index contributed by atoms with van der Waals surface area (Å²) in [5, 5.41) is 49.6. The molecule has 0 bridgehead atoms.